The van der Waals surface area contributed by atoms with E-state index in [2.05, 4.69) is 4.98 Å². The van der Waals surface area contributed by atoms with Gasteiger partial charge in [0, 0.05) is 31.4 Å². The molecule has 1 aliphatic heterocycles. The average molecular weight is 347 g/mol. The maximum Gasteiger partial charge on any atom is 0.248 e. The molecule has 1 amide bonds. The molecule has 1 aliphatic rings. The van der Waals surface area contributed by atoms with Crippen LogP contribution in [0.3, 0.4) is 0 Å². The van der Waals surface area contributed by atoms with Crippen LogP contribution < -0.4 is 4.74 Å². The minimum Gasteiger partial charge on any atom is -0.487 e. The summed E-state index contributed by atoms with van der Waals surface area (Å²) in [7, 11) is 0. The Morgan fingerprint density at radius 1 is 1.29 bits per heavy atom. The van der Waals surface area contributed by atoms with Gasteiger partial charge in [0.05, 0.1) is 13.2 Å². The monoisotopic (exact) mass is 346 g/mol. The van der Waals surface area contributed by atoms with Gasteiger partial charge in [0.15, 0.2) is 0 Å². The molecular formula is C18H19ClN2O3. The summed E-state index contributed by atoms with van der Waals surface area (Å²) in [6.07, 6.45) is 3.91. The van der Waals surface area contributed by atoms with Gasteiger partial charge in [-0.05, 0) is 5.56 Å². The van der Waals surface area contributed by atoms with E-state index < -0.39 is 0 Å². The highest BCUT2D eigenvalue weighted by Crippen LogP contribution is 2.25. The Hall–Kier alpha value is -2.11. The highest BCUT2D eigenvalue weighted by atomic mass is 35.5. The predicted molar refractivity (Wildman–Crippen MR) is 91.0 cm³/mol. The number of benzene rings is 1. The number of ether oxygens (including phenoxy) is 2. The minimum atomic E-state index is -0.0528. The third-order valence-corrected chi connectivity index (χ3v) is 4.15. The first-order valence-electron chi connectivity index (χ1n) is 7.88. The fourth-order valence-electron chi connectivity index (χ4n) is 2.61. The summed E-state index contributed by atoms with van der Waals surface area (Å²) in [4.78, 5) is 17.9. The van der Waals surface area contributed by atoms with Crippen LogP contribution in [0.4, 0.5) is 0 Å². The third-order valence-electron chi connectivity index (χ3n) is 3.86. The molecule has 1 aromatic heterocycles. The van der Waals surface area contributed by atoms with E-state index >= 15 is 0 Å². The molecule has 6 heteroatoms. The lowest BCUT2D eigenvalue weighted by atomic mass is 10.2. The van der Waals surface area contributed by atoms with Gasteiger partial charge < -0.3 is 14.4 Å². The Morgan fingerprint density at radius 2 is 2.12 bits per heavy atom. The number of aromatic nitrogens is 1. The molecule has 0 unspecified atom stereocenters. The molecule has 0 N–H and O–H groups in total. The van der Waals surface area contributed by atoms with E-state index in [0.717, 1.165) is 12.0 Å². The molecule has 5 nitrogen and oxygen atoms in total. The van der Waals surface area contributed by atoms with Crippen LogP contribution in [-0.4, -0.2) is 41.6 Å². The Balaban J connectivity index is 1.43. The molecule has 24 heavy (non-hydrogen) atoms. The number of pyridine rings is 1. The van der Waals surface area contributed by atoms with E-state index in [4.69, 9.17) is 21.1 Å². The van der Waals surface area contributed by atoms with Gasteiger partial charge in [0.2, 0.25) is 5.91 Å². The molecule has 0 radical (unpaired) electrons. The Bertz CT molecular complexity index is 681. The van der Waals surface area contributed by atoms with Gasteiger partial charge in [-0.15, -0.1) is 0 Å². The van der Waals surface area contributed by atoms with Crippen molar-refractivity contribution in [1.29, 1.82) is 0 Å². The number of hydrogen-bond donors (Lipinski definition) is 0. The van der Waals surface area contributed by atoms with Crippen molar-refractivity contribution in [2.45, 2.75) is 19.1 Å². The zero-order valence-corrected chi connectivity index (χ0v) is 14.0. The minimum absolute atomic E-state index is 0.0159. The van der Waals surface area contributed by atoms with Gasteiger partial charge >= 0.3 is 0 Å². The molecule has 3 rings (SSSR count). The van der Waals surface area contributed by atoms with Crippen molar-refractivity contribution in [3.8, 4) is 5.75 Å². The van der Waals surface area contributed by atoms with E-state index in [1.807, 2.05) is 30.3 Å². The molecule has 1 atom stereocenters. The summed E-state index contributed by atoms with van der Waals surface area (Å²) >= 11 is 6.04. The number of hydrogen-bond acceptors (Lipinski definition) is 4. The van der Waals surface area contributed by atoms with Gasteiger partial charge in [-0.1, -0.05) is 41.9 Å². The molecule has 1 aromatic carbocycles. The van der Waals surface area contributed by atoms with Crippen molar-refractivity contribution in [3.05, 3.63) is 59.4 Å². The third kappa shape index (κ3) is 4.46. The lowest BCUT2D eigenvalue weighted by molar-refractivity contribution is -0.135. The first kappa shape index (κ1) is 16.7. The average Bonchev–Trinajstić information content (AvgIpc) is 3.07. The molecule has 0 spiro atoms. The smallest absolute Gasteiger partial charge is 0.248 e. The Morgan fingerprint density at radius 3 is 2.92 bits per heavy atom. The van der Waals surface area contributed by atoms with Crippen LogP contribution in [0.15, 0.2) is 48.8 Å². The number of rotatable bonds is 6. The fourth-order valence-corrected chi connectivity index (χ4v) is 2.77. The summed E-state index contributed by atoms with van der Waals surface area (Å²) in [5.41, 5.74) is 1.06. The molecule has 1 fully saturated rings. The predicted octanol–water partition coefficient (Wildman–Crippen LogP) is 2.93. The SMILES string of the molecule is O=C(COCc1ccccc1)N1CC[C@H](Oc2ccncc2Cl)C1. The van der Waals surface area contributed by atoms with Crippen molar-refractivity contribution in [2.24, 2.45) is 0 Å². The molecule has 2 heterocycles. The fraction of sp³-hybridized carbons (Fsp3) is 0.333. The van der Waals surface area contributed by atoms with Crippen molar-refractivity contribution in [1.82, 2.24) is 9.88 Å². The van der Waals surface area contributed by atoms with Crippen LogP contribution >= 0.6 is 11.6 Å². The second kappa shape index (κ2) is 8.13. The number of likely N-dealkylation sites (tertiary alicyclic amines) is 1. The lowest BCUT2D eigenvalue weighted by Gasteiger charge is -2.17. The Labute approximate surface area is 146 Å². The lowest BCUT2D eigenvalue weighted by Crippen LogP contribution is -2.33. The maximum atomic E-state index is 12.2. The van der Waals surface area contributed by atoms with Crippen LogP contribution in [0.2, 0.25) is 5.02 Å². The highest BCUT2D eigenvalue weighted by Gasteiger charge is 2.27. The first-order valence-corrected chi connectivity index (χ1v) is 8.26. The molecular weight excluding hydrogens is 328 g/mol. The van der Waals surface area contributed by atoms with Gasteiger partial charge in [-0.3, -0.25) is 9.78 Å². The number of nitrogens with zero attached hydrogens (tertiary/aromatic N) is 2. The van der Waals surface area contributed by atoms with Crippen molar-refractivity contribution < 1.29 is 14.3 Å². The largest absolute Gasteiger partial charge is 0.487 e. The molecule has 0 saturated carbocycles. The van der Waals surface area contributed by atoms with Crippen LogP contribution in [-0.2, 0) is 16.1 Å². The zero-order valence-electron chi connectivity index (χ0n) is 13.2. The number of carbonyl (C=O) groups excluding carboxylic acids is 1. The van der Waals surface area contributed by atoms with Crippen LogP contribution in [0.1, 0.15) is 12.0 Å². The summed E-state index contributed by atoms with van der Waals surface area (Å²) < 4.78 is 11.4. The van der Waals surface area contributed by atoms with E-state index in [1.54, 1.807) is 23.4 Å². The van der Waals surface area contributed by atoms with Crippen LogP contribution in [0.5, 0.6) is 5.75 Å². The maximum absolute atomic E-state index is 12.2. The molecule has 0 aliphatic carbocycles. The summed E-state index contributed by atoms with van der Waals surface area (Å²) in [6, 6.07) is 11.5. The second-order valence-corrected chi connectivity index (χ2v) is 6.06. The van der Waals surface area contributed by atoms with E-state index in [-0.39, 0.29) is 18.6 Å². The zero-order chi connectivity index (χ0) is 16.8. The first-order chi connectivity index (χ1) is 11.7. The van der Waals surface area contributed by atoms with Crippen molar-refractivity contribution in [2.75, 3.05) is 19.7 Å². The normalized spacial score (nSPS) is 17.0. The number of carbonyl (C=O) groups is 1. The standard InChI is InChI=1S/C18H19ClN2O3/c19-16-10-20-8-6-17(16)24-15-7-9-21(11-15)18(22)13-23-12-14-4-2-1-3-5-14/h1-6,8,10,15H,7,9,11-13H2/t15-/m0/s1. The van der Waals surface area contributed by atoms with Crippen molar-refractivity contribution >= 4 is 17.5 Å². The second-order valence-electron chi connectivity index (χ2n) is 5.65. The van der Waals surface area contributed by atoms with Crippen LogP contribution in [0, 0.1) is 0 Å². The highest BCUT2D eigenvalue weighted by molar-refractivity contribution is 6.31. The van der Waals surface area contributed by atoms with E-state index in [0.29, 0.717) is 30.5 Å². The number of amides is 1. The molecule has 126 valence electrons. The number of halogens is 1. The summed E-state index contributed by atoms with van der Waals surface area (Å²) in [5.74, 6) is 0.587. The van der Waals surface area contributed by atoms with Crippen molar-refractivity contribution in [3.63, 3.8) is 0 Å². The molecule has 2 aromatic rings. The molecule has 0 bridgehead atoms. The van der Waals surface area contributed by atoms with Gasteiger partial charge in [0.1, 0.15) is 23.5 Å². The topological polar surface area (TPSA) is 51.7 Å². The summed E-state index contributed by atoms with van der Waals surface area (Å²) in [5, 5.41) is 0.480. The van der Waals surface area contributed by atoms with E-state index in [9.17, 15) is 4.79 Å². The Kier molecular flexibility index (Phi) is 5.67. The van der Waals surface area contributed by atoms with Gasteiger partial charge in [0.25, 0.3) is 0 Å². The summed E-state index contributed by atoms with van der Waals surface area (Å²) in [6.45, 7) is 1.73. The molecule has 1 saturated heterocycles. The quantitative estimate of drug-likeness (QED) is 0.807. The van der Waals surface area contributed by atoms with E-state index in [1.165, 1.54) is 0 Å². The van der Waals surface area contributed by atoms with Gasteiger partial charge in [-0.2, -0.15) is 0 Å². The van der Waals surface area contributed by atoms with Crippen LogP contribution in [0.25, 0.3) is 0 Å². The van der Waals surface area contributed by atoms with Gasteiger partial charge in [-0.25, -0.2) is 0 Å².